The average molecular weight is 504 g/mol. The van der Waals surface area contributed by atoms with Gasteiger partial charge in [0.05, 0.1) is 6.42 Å². The summed E-state index contributed by atoms with van der Waals surface area (Å²) in [4.78, 5) is 31.4. The number of aryl methyl sites for hydroxylation is 1. The highest BCUT2D eigenvalue weighted by atomic mass is 32.1. The van der Waals surface area contributed by atoms with E-state index in [0.717, 1.165) is 47.1 Å². The number of nitrogens with zero attached hydrogens (tertiary/aromatic N) is 5. The van der Waals surface area contributed by atoms with Crippen LogP contribution >= 0.6 is 11.3 Å². The largest absolute Gasteiger partial charge is 0.355 e. The number of nitrogens with one attached hydrogen (secondary N) is 2. The molecule has 188 valence electrons. The quantitative estimate of drug-likeness (QED) is 0.301. The lowest BCUT2D eigenvalue weighted by Gasteiger charge is -2.18. The number of pyridine rings is 2. The monoisotopic (exact) mass is 503 g/mol. The zero-order valence-electron chi connectivity index (χ0n) is 21.3. The number of anilines is 4. The molecule has 0 radical (unpaired) electrons. The van der Waals surface area contributed by atoms with Crippen molar-refractivity contribution in [1.82, 2.24) is 25.2 Å². The van der Waals surface area contributed by atoms with Gasteiger partial charge in [0.1, 0.15) is 22.0 Å². The van der Waals surface area contributed by atoms with Crippen molar-refractivity contribution < 1.29 is 4.79 Å². The molecular formula is C27H33N7OS. The number of fused-ring (bicyclic) bond motifs is 1. The third-order valence-corrected chi connectivity index (χ3v) is 6.95. The van der Waals surface area contributed by atoms with Gasteiger partial charge in [0.2, 0.25) is 5.91 Å². The summed E-state index contributed by atoms with van der Waals surface area (Å²) in [5.74, 6) is 1.52. The molecule has 0 saturated carbocycles. The molecule has 0 atom stereocenters. The molecule has 4 rings (SSSR count). The number of hydrogen-bond donors (Lipinski definition) is 2. The summed E-state index contributed by atoms with van der Waals surface area (Å²) in [6.45, 7) is 9.80. The first-order valence-corrected chi connectivity index (χ1v) is 13.1. The Morgan fingerprint density at radius 2 is 1.81 bits per heavy atom. The Hall–Kier alpha value is -3.56. The third kappa shape index (κ3) is 6.56. The maximum Gasteiger partial charge on any atom is 0.224 e. The van der Waals surface area contributed by atoms with Gasteiger partial charge in [-0.25, -0.2) is 15.0 Å². The summed E-state index contributed by atoms with van der Waals surface area (Å²) < 4.78 is 0. The first-order chi connectivity index (χ1) is 17.4. The number of rotatable bonds is 11. The Morgan fingerprint density at radius 3 is 2.56 bits per heavy atom. The maximum absolute atomic E-state index is 12.4. The Morgan fingerprint density at radius 1 is 1.03 bits per heavy atom. The third-order valence-electron chi connectivity index (χ3n) is 6.07. The SMILES string of the molecule is CCN(CC)CCNC(=O)Cc1ccnc(Nc2nc3ccc(N(C)c4ccc(C)cc4)nc3s2)c1. The van der Waals surface area contributed by atoms with Crippen LogP contribution in [-0.2, 0) is 11.2 Å². The molecule has 0 aliphatic heterocycles. The smallest absolute Gasteiger partial charge is 0.224 e. The fourth-order valence-electron chi connectivity index (χ4n) is 3.85. The highest BCUT2D eigenvalue weighted by Crippen LogP contribution is 2.30. The van der Waals surface area contributed by atoms with Gasteiger partial charge in [-0.3, -0.25) is 4.79 Å². The number of carbonyl (C=O) groups excluding carboxylic acids is 1. The normalized spacial score (nSPS) is 11.1. The molecule has 9 heteroatoms. The summed E-state index contributed by atoms with van der Waals surface area (Å²) >= 11 is 1.48. The number of thiazole rings is 1. The number of benzene rings is 1. The summed E-state index contributed by atoms with van der Waals surface area (Å²) in [5.41, 5.74) is 4.03. The van der Waals surface area contributed by atoms with Crippen molar-refractivity contribution >= 4 is 50.0 Å². The van der Waals surface area contributed by atoms with E-state index in [9.17, 15) is 4.79 Å². The number of hydrogen-bond acceptors (Lipinski definition) is 8. The predicted molar refractivity (Wildman–Crippen MR) is 149 cm³/mol. The second-order valence-corrected chi connectivity index (χ2v) is 9.61. The molecule has 2 N–H and O–H groups in total. The van der Waals surface area contributed by atoms with E-state index in [0.29, 0.717) is 23.9 Å². The van der Waals surface area contributed by atoms with Crippen LogP contribution in [0.25, 0.3) is 10.3 Å². The second kappa shape index (κ2) is 11.9. The molecule has 0 saturated heterocycles. The fraction of sp³-hybridized carbons (Fsp3) is 0.333. The van der Waals surface area contributed by atoms with Crippen LogP contribution in [0, 0.1) is 6.92 Å². The highest BCUT2D eigenvalue weighted by molar-refractivity contribution is 7.21. The topological polar surface area (TPSA) is 86.3 Å². The van der Waals surface area contributed by atoms with Crippen molar-refractivity contribution in [3.63, 3.8) is 0 Å². The first-order valence-electron chi connectivity index (χ1n) is 12.2. The average Bonchev–Trinajstić information content (AvgIpc) is 3.28. The van der Waals surface area contributed by atoms with Crippen molar-refractivity contribution in [3.8, 4) is 0 Å². The van der Waals surface area contributed by atoms with E-state index in [4.69, 9.17) is 4.98 Å². The highest BCUT2D eigenvalue weighted by Gasteiger charge is 2.11. The van der Waals surface area contributed by atoms with Crippen molar-refractivity contribution in [2.24, 2.45) is 0 Å². The van der Waals surface area contributed by atoms with E-state index >= 15 is 0 Å². The van der Waals surface area contributed by atoms with Crippen LogP contribution in [0.2, 0.25) is 0 Å². The molecule has 3 heterocycles. The Kier molecular flexibility index (Phi) is 8.45. The Bertz CT molecular complexity index is 1300. The van der Waals surface area contributed by atoms with Gasteiger partial charge in [-0.15, -0.1) is 0 Å². The molecule has 0 aliphatic rings. The van der Waals surface area contributed by atoms with Gasteiger partial charge in [0.15, 0.2) is 5.13 Å². The van der Waals surface area contributed by atoms with Gasteiger partial charge < -0.3 is 20.4 Å². The van der Waals surface area contributed by atoms with Gasteiger partial charge in [-0.1, -0.05) is 42.9 Å². The van der Waals surface area contributed by atoms with Crippen LogP contribution in [0.3, 0.4) is 0 Å². The molecule has 3 aromatic heterocycles. The van der Waals surface area contributed by atoms with Crippen LogP contribution < -0.4 is 15.5 Å². The minimum absolute atomic E-state index is 0.00807. The van der Waals surface area contributed by atoms with Crippen molar-refractivity contribution in [2.75, 3.05) is 43.4 Å². The fourth-order valence-corrected chi connectivity index (χ4v) is 4.69. The Labute approximate surface area is 216 Å². The molecule has 1 amide bonds. The van der Waals surface area contributed by atoms with E-state index in [1.54, 1.807) is 6.20 Å². The minimum Gasteiger partial charge on any atom is -0.355 e. The van der Waals surface area contributed by atoms with Gasteiger partial charge in [-0.2, -0.15) is 0 Å². The van der Waals surface area contributed by atoms with Crippen LogP contribution in [0.1, 0.15) is 25.0 Å². The lowest BCUT2D eigenvalue weighted by Crippen LogP contribution is -2.35. The summed E-state index contributed by atoms with van der Waals surface area (Å²) in [5, 5.41) is 6.98. The Balaban J connectivity index is 1.39. The zero-order chi connectivity index (χ0) is 25.5. The van der Waals surface area contributed by atoms with Crippen LogP contribution in [0.15, 0.2) is 54.7 Å². The molecule has 4 aromatic rings. The van der Waals surface area contributed by atoms with Crippen LogP contribution in [-0.4, -0.2) is 59.0 Å². The molecule has 0 fully saturated rings. The van der Waals surface area contributed by atoms with Crippen molar-refractivity contribution in [1.29, 1.82) is 0 Å². The van der Waals surface area contributed by atoms with Crippen molar-refractivity contribution in [3.05, 3.63) is 65.9 Å². The molecule has 36 heavy (non-hydrogen) atoms. The number of amides is 1. The standard InChI is InChI=1S/C27H33N7OS/c1-5-34(6-2)16-15-29-25(35)18-20-13-14-28-23(17-20)31-27-30-22-11-12-24(32-26(22)36-27)33(4)21-9-7-19(3)8-10-21/h7-14,17H,5-6,15-16,18H2,1-4H3,(H,29,35)(H,28,30,31). The van der Waals surface area contributed by atoms with Gasteiger partial charge in [0.25, 0.3) is 0 Å². The number of carbonyl (C=O) groups is 1. The number of aromatic nitrogens is 3. The van der Waals surface area contributed by atoms with E-state index in [2.05, 4.69) is 75.4 Å². The maximum atomic E-state index is 12.4. The molecule has 0 unspecified atom stereocenters. The summed E-state index contributed by atoms with van der Waals surface area (Å²) in [6, 6.07) is 16.1. The second-order valence-electron chi connectivity index (χ2n) is 8.64. The van der Waals surface area contributed by atoms with Crippen LogP contribution in [0.5, 0.6) is 0 Å². The molecular weight excluding hydrogens is 470 g/mol. The van der Waals surface area contributed by atoms with Gasteiger partial charge in [-0.05, 0) is 62.0 Å². The zero-order valence-corrected chi connectivity index (χ0v) is 22.1. The minimum atomic E-state index is 0.00807. The first kappa shape index (κ1) is 25.5. The molecule has 0 spiro atoms. The van der Waals surface area contributed by atoms with Gasteiger partial charge >= 0.3 is 0 Å². The molecule has 0 aliphatic carbocycles. The van der Waals surface area contributed by atoms with E-state index in [-0.39, 0.29) is 5.91 Å². The molecule has 0 bridgehead atoms. The lowest BCUT2D eigenvalue weighted by molar-refractivity contribution is -0.120. The van der Waals surface area contributed by atoms with Gasteiger partial charge in [0, 0.05) is 32.0 Å². The summed E-state index contributed by atoms with van der Waals surface area (Å²) in [7, 11) is 2.01. The van der Waals surface area contributed by atoms with Crippen molar-refractivity contribution in [2.45, 2.75) is 27.2 Å². The number of likely N-dealkylation sites (N-methyl/N-ethyl adjacent to an activating group) is 1. The summed E-state index contributed by atoms with van der Waals surface area (Å²) in [6.07, 6.45) is 2.02. The lowest BCUT2D eigenvalue weighted by atomic mass is 10.2. The van der Waals surface area contributed by atoms with E-state index in [1.165, 1.54) is 16.9 Å². The van der Waals surface area contributed by atoms with E-state index in [1.807, 2.05) is 31.3 Å². The van der Waals surface area contributed by atoms with E-state index < -0.39 is 0 Å². The predicted octanol–water partition coefficient (Wildman–Crippen LogP) is 4.91. The molecule has 1 aromatic carbocycles. The molecule has 8 nitrogen and oxygen atoms in total. The van der Waals surface area contributed by atoms with Crippen LogP contribution in [0.4, 0.5) is 22.5 Å².